The minimum absolute atomic E-state index is 0. The lowest BCUT2D eigenvalue weighted by Gasteiger charge is -1.73. The van der Waals surface area contributed by atoms with Crippen molar-refractivity contribution in [3.8, 4) is 0 Å². The van der Waals surface area contributed by atoms with E-state index in [1.54, 1.807) is 0 Å². The Morgan fingerprint density at radius 2 is 1.09 bits per heavy atom. The van der Waals surface area contributed by atoms with Gasteiger partial charge < -0.3 is 0 Å². The second-order valence-corrected chi connectivity index (χ2v) is 0.875. The summed E-state index contributed by atoms with van der Waals surface area (Å²) in [5, 5.41) is 7.09. The van der Waals surface area contributed by atoms with Gasteiger partial charge in [0, 0.05) is 1.43 Å². The molecule has 0 aromatic heterocycles. The molecule has 5 heteroatoms. The van der Waals surface area contributed by atoms with Crippen molar-refractivity contribution < 1.29 is 19.8 Å². The summed E-state index contributed by atoms with van der Waals surface area (Å²) in [5.41, 5.74) is 0. The number of hydrogen-bond acceptors (Lipinski definition) is 3. The molecular weight excluding hydrogens is 168 g/mol. The fourth-order valence-corrected chi connectivity index (χ4v) is 0. The first-order valence-electron chi connectivity index (χ1n) is 0.698. The highest BCUT2D eigenvalue weighted by molar-refractivity contribution is 7.74. The highest BCUT2D eigenvalue weighted by Crippen LogP contribution is 1.63. The second kappa shape index (κ2) is 50.4. The summed E-state index contributed by atoms with van der Waals surface area (Å²) in [6.45, 7) is 0. The minimum Gasteiger partial charge on any atom is -0.282 e. The average Bonchev–Trinajstić information content (AvgIpc) is 1.38. The first-order valence-corrected chi connectivity index (χ1v) is 1.73. The molecule has 1 unspecified atom stereocenters. The third-order valence-electron chi connectivity index (χ3n) is 0.0638. The van der Waals surface area contributed by atoms with Crippen LogP contribution in [-0.2, 0) is 15.7 Å². The maximum Gasteiger partial charge on any atom is 0.330 e. The molecule has 0 rings (SSSR count). The molecule has 0 amide bonds. The van der Waals surface area contributed by atoms with Gasteiger partial charge in [0.25, 0.3) is 0 Å². The molecule has 0 saturated heterocycles. The third kappa shape index (κ3) is 157. The van der Waals surface area contributed by atoms with E-state index >= 15 is 0 Å². The molecule has 0 saturated carbocycles. The second-order valence-electron chi connectivity index (χ2n) is 0.292. The van der Waals surface area contributed by atoms with Crippen LogP contribution in [0.5, 0.6) is 0 Å². The Labute approximate surface area is 76.5 Å². The van der Waals surface area contributed by atoms with Gasteiger partial charge in [-0.2, -0.15) is 4.21 Å². The van der Waals surface area contributed by atoms with Crippen molar-refractivity contribution in [1.82, 2.24) is 0 Å². The molecule has 11 heavy (non-hydrogen) atoms. The summed E-state index contributed by atoms with van der Waals surface area (Å²) in [7, 11) is 0. The lowest BCUT2D eigenvalue weighted by molar-refractivity contribution is -0.131. The van der Waals surface area contributed by atoms with Gasteiger partial charge in [0.05, 0.1) is 0 Å². The zero-order chi connectivity index (χ0) is 4.28. The van der Waals surface area contributed by atoms with Gasteiger partial charge in [-0.3, -0.25) is 4.55 Å². The summed E-state index contributed by atoms with van der Waals surface area (Å²) in [4.78, 5) is 0. The van der Waals surface area contributed by atoms with E-state index in [4.69, 9.17) is 14.0 Å². The molecule has 0 heterocycles. The summed E-state index contributed by atoms with van der Waals surface area (Å²) in [5.74, 6) is 0. The third-order valence-corrected chi connectivity index (χ3v) is 0.191. The van der Waals surface area contributed by atoms with Crippen molar-refractivity contribution in [1.29, 1.82) is 0 Å². The van der Waals surface area contributed by atoms with Crippen LogP contribution in [0.25, 0.3) is 0 Å². The zero-order valence-corrected chi connectivity index (χ0v) is 2.94. The smallest absolute Gasteiger partial charge is 0.282 e. The standard InChI is InChI=1S/6CH4.H2O4S.H2/c;;;;;;1-4-5(2)3;/h6*1H4;1H,(H,2,3);1H. The van der Waals surface area contributed by atoms with Crippen LogP contribution in [0, 0.1) is 0 Å². The highest BCUT2D eigenvalue weighted by atomic mass is 32.2. The van der Waals surface area contributed by atoms with Crippen LogP contribution in [0.2, 0.25) is 0 Å². The van der Waals surface area contributed by atoms with Crippen molar-refractivity contribution in [2.24, 2.45) is 0 Å². The van der Waals surface area contributed by atoms with Gasteiger partial charge in [-0.05, 0) is 0 Å². The van der Waals surface area contributed by atoms with Crippen molar-refractivity contribution in [2.75, 3.05) is 0 Å². The molecule has 0 radical (unpaired) electrons. The molecule has 4 nitrogen and oxygen atoms in total. The van der Waals surface area contributed by atoms with Crippen LogP contribution in [0.15, 0.2) is 0 Å². The maximum absolute atomic E-state index is 9.01. The van der Waals surface area contributed by atoms with Gasteiger partial charge in [-0.15, -0.1) is 4.33 Å². The Hall–Kier alpha value is 0.0300. The summed E-state index contributed by atoms with van der Waals surface area (Å²) in [6.07, 6.45) is 0. The maximum atomic E-state index is 9.01. The summed E-state index contributed by atoms with van der Waals surface area (Å²) in [6, 6.07) is 0. The van der Waals surface area contributed by atoms with Gasteiger partial charge in [0.2, 0.25) is 0 Å². The number of rotatable bonds is 1. The minimum atomic E-state index is -2.52. The molecule has 0 aliphatic rings. The fraction of sp³-hybridized carbons (Fsp3) is 1.00. The molecule has 1 atom stereocenters. The molecule has 0 bridgehead atoms. The zero-order valence-electron chi connectivity index (χ0n) is 2.12. The topological polar surface area (TPSA) is 66.8 Å². The molecule has 0 aromatic rings. The van der Waals surface area contributed by atoms with Crippen LogP contribution in [0.4, 0.5) is 0 Å². The van der Waals surface area contributed by atoms with E-state index in [1.165, 1.54) is 0 Å². The molecule has 0 fully saturated rings. The average molecular weight is 196 g/mol. The number of hydrogen-bond donors (Lipinski definition) is 2. The lowest BCUT2D eigenvalue weighted by Crippen LogP contribution is -1.85. The molecule has 82 valence electrons. The predicted molar refractivity (Wildman–Crippen MR) is 57.0 cm³/mol. The summed E-state index contributed by atoms with van der Waals surface area (Å²) >= 11 is -2.52. The van der Waals surface area contributed by atoms with E-state index in [0.29, 0.717) is 0 Å². The SMILES string of the molecule is C.C.C.C.C.C.O=S(O)OO.[HH]. The Bertz CT molecular complexity index is 54.8. The summed E-state index contributed by atoms with van der Waals surface area (Å²) < 4.78 is 19.1. The van der Waals surface area contributed by atoms with Crippen LogP contribution < -0.4 is 0 Å². The van der Waals surface area contributed by atoms with E-state index in [-0.39, 0.29) is 46.0 Å². The normalized spacial score (nSPS) is 6.73. The Morgan fingerprint density at radius 3 is 1.09 bits per heavy atom. The van der Waals surface area contributed by atoms with Gasteiger partial charge in [-0.1, -0.05) is 44.6 Å². The Kier molecular flexibility index (Phi) is 313. The van der Waals surface area contributed by atoms with E-state index in [9.17, 15) is 0 Å². The highest BCUT2D eigenvalue weighted by Gasteiger charge is 1.78. The van der Waals surface area contributed by atoms with Crippen LogP contribution in [0.1, 0.15) is 46.0 Å². The molecule has 0 aromatic carbocycles. The Balaban J connectivity index is -0.00000000381. The molecule has 0 aliphatic carbocycles. The largest absolute Gasteiger partial charge is 0.330 e. The monoisotopic (exact) mass is 196 g/mol. The Morgan fingerprint density at radius 1 is 1.00 bits per heavy atom. The van der Waals surface area contributed by atoms with Crippen molar-refractivity contribution in [3.05, 3.63) is 0 Å². The first-order chi connectivity index (χ1) is 2.27. The van der Waals surface area contributed by atoms with Crippen LogP contribution in [-0.4, -0.2) is 14.0 Å². The van der Waals surface area contributed by atoms with Gasteiger partial charge in [-0.25, -0.2) is 5.26 Å². The quantitative estimate of drug-likeness (QED) is 0.381. The molecule has 2 N–H and O–H groups in total. The van der Waals surface area contributed by atoms with E-state index in [1.807, 2.05) is 0 Å². The van der Waals surface area contributed by atoms with E-state index in [0.717, 1.165) is 0 Å². The molecule has 0 spiro atoms. The van der Waals surface area contributed by atoms with Gasteiger partial charge in [0.15, 0.2) is 0 Å². The van der Waals surface area contributed by atoms with Crippen molar-refractivity contribution in [2.45, 2.75) is 44.6 Å². The van der Waals surface area contributed by atoms with Crippen LogP contribution >= 0.6 is 0 Å². The fourth-order valence-electron chi connectivity index (χ4n) is 0. The van der Waals surface area contributed by atoms with Crippen molar-refractivity contribution >= 4 is 11.4 Å². The van der Waals surface area contributed by atoms with Gasteiger partial charge >= 0.3 is 11.4 Å². The predicted octanol–water partition coefficient (Wildman–Crippen LogP) is 3.68. The van der Waals surface area contributed by atoms with E-state index < -0.39 is 11.4 Å². The lowest BCUT2D eigenvalue weighted by atomic mass is 12.0. The van der Waals surface area contributed by atoms with Gasteiger partial charge in [0.1, 0.15) is 0 Å². The van der Waals surface area contributed by atoms with Crippen molar-refractivity contribution in [3.63, 3.8) is 0 Å². The molecular formula is C6H28O4S. The first kappa shape index (κ1) is 68.3. The van der Waals surface area contributed by atoms with E-state index in [2.05, 4.69) is 4.33 Å². The molecule has 0 aliphatic heterocycles. The van der Waals surface area contributed by atoms with Crippen LogP contribution in [0.3, 0.4) is 0 Å².